The molecule has 1 aliphatic heterocycles. The van der Waals surface area contributed by atoms with Gasteiger partial charge in [-0.1, -0.05) is 29.4 Å². The summed E-state index contributed by atoms with van der Waals surface area (Å²) in [6.45, 7) is 4.12. The Hall–Kier alpha value is -3.28. The van der Waals surface area contributed by atoms with E-state index in [1.54, 1.807) is 40.8 Å². The zero-order chi connectivity index (χ0) is 23.9. The second kappa shape index (κ2) is 8.82. The van der Waals surface area contributed by atoms with Gasteiger partial charge in [0.05, 0.1) is 10.6 Å². The van der Waals surface area contributed by atoms with Crippen LogP contribution < -0.4 is 0 Å². The summed E-state index contributed by atoms with van der Waals surface area (Å²) in [5.41, 5.74) is 2.29. The fourth-order valence-electron chi connectivity index (χ4n) is 4.11. The van der Waals surface area contributed by atoms with Crippen LogP contribution in [0, 0.1) is 13.8 Å². The van der Waals surface area contributed by atoms with Crippen LogP contribution in [0.15, 0.2) is 63.3 Å². The molecular formula is C23H23N5O4S2. The highest BCUT2D eigenvalue weighted by Crippen LogP contribution is 2.28. The first-order chi connectivity index (χ1) is 16.4. The fourth-order valence-corrected chi connectivity index (χ4v) is 6.50. The van der Waals surface area contributed by atoms with Gasteiger partial charge in [-0.2, -0.15) is 9.40 Å². The molecule has 1 saturated heterocycles. The van der Waals surface area contributed by atoms with Gasteiger partial charge in [-0.05, 0) is 43.5 Å². The maximum Gasteiger partial charge on any atom is 0.272 e. The van der Waals surface area contributed by atoms with E-state index in [9.17, 15) is 13.2 Å². The predicted molar refractivity (Wildman–Crippen MR) is 128 cm³/mol. The smallest absolute Gasteiger partial charge is 0.272 e. The van der Waals surface area contributed by atoms with E-state index in [0.717, 1.165) is 16.3 Å². The SMILES string of the molecule is Cc1noc(C)c1S(=O)(=O)N1CCN(C(=O)c2cc(-c3cccs3)nn2-c2ccccc2)CC1. The summed E-state index contributed by atoms with van der Waals surface area (Å²) in [7, 11) is -3.75. The molecule has 1 aromatic carbocycles. The molecule has 3 aromatic heterocycles. The van der Waals surface area contributed by atoms with Gasteiger partial charge in [-0.3, -0.25) is 4.79 Å². The number of aromatic nitrogens is 3. The molecule has 0 saturated carbocycles. The maximum atomic E-state index is 13.5. The highest BCUT2D eigenvalue weighted by atomic mass is 32.2. The number of para-hydroxylation sites is 1. The Labute approximate surface area is 201 Å². The average Bonchev–Trinajstić information content (AvgIpc) is 3.59. The number of hydrogen-bond acceptors (Lipinski definition) is 7. The molecule has 176 valence electrons. The summed E-state index contributed by atoms with van der Waals surface area (Å²) in [6.07, 6.45) is 0. The highest BCUT2D eigenvalue weighted by Gasteiger charge is 2.35. The Morgan fingerprint density at radius 1 is 1.03 bits per heavy atom. The third-order valence-electron chi connectivity index (χ3n) is 5.79. The van der Waals surface area contributed by atoms with Crippen LogP contribution in [-0.2, 0) is 10.0 Å². The molecule has 34 heavy (non-hydrogen) atoms. The number of carbonyl (C=O) groups excluding carboxylic acids is 1. The van der Waals surface area contributed by atoms with Crippen molar-refractivity contribution in [2.24, 2.45) is 0 Å². The standard InChI is InChI=1S/C23H23N5O4S2/c1-16-22(17(2)32-25-16)34(30,31)27-12-10-26(11-13-27)23(29)20-15-19(21-9-6-14-33-21)24-28(20)18-7-4-3-5-8-18/h3-9,14-15H,10-13H2,1-2H3. The summed E-state index contributed by atoms with van der Waals surface area (Å²) in [4.78, 5) is 16.3. The molecule has 0 unspecified atom stereocenters. The number of nitrogens with zero attached hydrogens (tertiary/aromatic N) is 5. The molecule has 0 aliphatic carbocycles. The van der Waals surface area contributed by atoms with Gasteiger partial charge in [-0.15, -0.1) is 11.3 Å². The first kappa shape index (κ1) is 22.5. The second-order valence-corrected chi connectivity index (χ2v) is 10.8. The molecule has 9 nitrogen and oxygen atoms in total. The monoisotopic (exact) mass is 497 g/mol. The molecule has 0 radical (unpaired) electrons. The van der Waals surface area contributed by atoms with E-state index in [2.05, 4.69) is 5.16 Å². The van der Waals surface area contributed by atoms with Crippen LogP contribution in [0.25, 0.3) is 16.3 Å². The fraction of sp³-hybridized carbons (Fsp3) is 0.261. The molecule has 0 N–H and O–H groups in total. The Balaban J connectivity index is 1.40. The van der Waals surface area contributed by atoms with E-state index < -0.39 is 10.0 Å². The molecule has 1 aliphatic rings. The lowest BCUT2D eigenvalue weighted by Gasteiger charge is -2.33. The molecule has 0 atom stereocenters. The predicted octanol–water partition coefficient (Wildman–Crippen LogP) is 3.35. The molecule has 5 rings (SSSR count). The summed E-state index contributed by atoms with van der Waals surface area (Å²) in [6, 6.07) is 15.2. The van der Waals surface area contributed by atoms with Gasteiger partial charge >= 0.3 is 0 Å². The normalized spacial score (nSPS) is 15.1. The van der Waals surface area contributed by atoms with Gasteiger partial charge in [-0.25, -0.2) is 13.1 Å². The molecule has 4 aromatic rings. The average molecular weight is 498 g/mol. The number of carbonyl (C=O) groups is 1. The van der Waals surface area contributed by atoms with Gasteiger partial charge in [0.2, 0.25) is 10.0 Å². The van der Waals surface area contributed by atoms with Crippen molar-refractivity contribution in [3.05, 3.63) is 71.1 Å². The van der Waals surface area contributed by atoms with Crippen molar-refractivity contribution in [1.29, 1.82) is 0 Å². The van der Waals surface area contributed by atoms with Crippen LogP contribution in [0.5, 0.6) is 0 Å². The molecule has 11 heteroatoms. The van der Waals surface area contributed by atoms with E-state index in [4.69, 9.17) is 9.62 Å². The van der Waals surface area contributed by atoms with Crippen LogP contribution in [0.4, 0.5) is 0 Å². The summed E-state index contributed by atoms with van der Waals surface area (Å²) >= 11 is 1.56. The van der Waals surface area contributed by atoms with E-state index in [0.29, 0.717) is 11.4 Å². The minimum Gasteiger partial charge on any atom is -0.360 e. The number of piperazine rings is 1. The van der Waals surface area contributed by atoms with E-state index in [1.807, 2.05) is 47.8 Å². The Bertz CT molecular complexity index is 1400. The number of hydrogen-bond donors (Lipinski definition) is 0. The number of sulfonamides is 1. The Morgan fingerprint density at radius 2 is 1.76 bits per heavy atom. The largest absolute Gasteiger partial charge is 0.360 e. The van der Waals surface area contributed by atoms with Crippen molar-refractivity contribution in [3.63, 3.8) is 0 Å². The van der Waals surface area contributed by atoms with Gasteiger partial charge in [0, 0.05) is 26.2 Å². The second-order valence-electron chi connectivity index (χ2n) is 7.99. The topological polar surface area (TPSA) is 102 Å². The highest BCUT2D eigenvalue weighted by molar-refractivity contribution is 7.89. The number of benzene rings is 1. The van der Waals surface area contributed by atoms with Gasteiger partial charge in [0.1, 0.15) is 22.0 Å². The maximum absolute atomic E-state index is 13.5. The quantitative estimate of drug-likeness (QED) is 0.419. The molecule has 4 heterocycles. The van der Waals surface area contributed by atoms with Crippen LogP contribution >= 0.6 is 11.3 Å². The van der Waals surface area contributed by atoms with E-state index in [-0.39, 0.29) is 42.7 Å². The lowest BCUT2D eigenvalue weighted by Crippen LogP contribution is -2.50. The van der Waals surface area contributed by atoms with Crippen molar-refractivity contribution < 1.29 is 17.7 Å². The zero-order valence-corrected chi connectivity index (χ0v) is 20.3. The lowest BCUT2D eigenvalue weighted by atomic mass is 10.2. The number of thiophene rings is 1. The first-order valence-corrected chi connectivity index (χ1v) is 13.1. The van der Waals surface area contributed by atoms with Crippen LogP contribution in [0.3, 0.4) is 0 Å². The summed E-state index contributed by atoms with van der Waals surface area (Å²) < 4.78 is 34.3. The van der Waals surface area contributed by atoms with Gasteiger partial charge in [0.15, 0.2) is 5.76 Å². The molecule has 0 bridgehead atoms. The Kier molecular flexibility index (Phi) is 5.84. The van der Waals surface area contributed by atoms with Crippen molar-refractivity contribution in [2.75, 3.05) is 26.2 Å². The van der Waals surface area contributed by atoms with Crippen molar-refractivity contribution in [3.8, 4) is 16.3 Å². The number of amides is 1. The number of rotatable bonds is 5. The van der Waals surface area contributed by atoms with Crippen molar-refractivity contribution in [2.45, 2.75) is 18.7 Å². The van der Waals surface area contributed by atoms with Crippen molar-refractivity contribution >= 4 is 27.3 Å². The zero-order valence-electron chi connectivity index (χ0n) is 18.7. The molecule has 1 fully saturated rings. The summed E-state index contributed by atoms with van der Waals surface area (Å²) in [5.74, 6) is 0.0809. The van der Waals surface area contributed by atoms with E-state index >= 15 is 0 Å². The van der Waals surface area contributed by atoms with Crippen LogP contribution in [0.1, 0.15) is 21.9 Å². The van der Waals surface area contributed by atoms with E-state index in [1.165, 1.54) is 4.31 Å². The Morgan fingerprint density at radius 3 is 2.38 bits per heavy atom. The van der Waals surface area contributed by atoms with Gasteiger partial charge < -0.3 is 9.42 Å². The third-order valence-corrected chi connectivity index (χ3v) is 8.83. The minimum absolute atomic E-state index is 0.107. The van der Waals surface area contributed by atoms with Gasteiger partial charge in [0.25, 0.3) is 5.91 Å². The van der Waals surface area contributed by atoms with Crippen molar-refractivity contribution in [1.82, 2.24) is 24.1 Å². The third kappa shape index (κ3) is 3.95. The molecule has 0 spiro atoms. The minimum atomic E-state index is -3.75. The first-order valence-electron chi connectivity index (χ1n) is 10.8. The van der Waals surface area contributed by atoms with Crippen LogP contribution in [0.2, 0.25) is 0 Å². The number of aryl methyl sites for hydroxylation is 2. The molecular weight excluding hydrogens is 474 g/mol. The van der Waals surface area contributed by atoms with Crippen LogP contribution in [-0.4, -0.2) is 64.6 Å². The summed E-state index contributed by atoms with van der Waals surface area (Å²) in [5, 5.41) is 10.4. The molecule has 1 amide bonds. The lowest BCUT2D eigenvalue weighted by molar-refractivity contribution is 0.0688.